The van der Waals surface area contributed by atoms with E-state index in [0.717, 1.165) is 17.0 Å². The van der Waals surface area contributed by atoms with Crippen molar-refractivity contribution in [3.63, 3.8) is 0 Å². The molecular formula is C21H20Cl2N2O3. The number of nitrogens with one attached hydrogen (secondary N) is 2. The van der Waals surface area contributed by atoms with E-state index in [9.17, 15) is 4.79 Å². The number of carbonyl (C=O) groups excluding carboxylic acids is 1. The van der Waals surface area contributed by atoms with E-state index in [4.69, 9.17) is 32.7 Å². The second kappa shape index (κ2) is 9.15. The molecule has 0 fully saturated rings. The summed E-state index contributed by atoms with van der Waals surface area (Å²) < 4.78 is 5.85. The molecule has 0 saturated carbocycles. The van der Waals surface area contributed by atoms with Crippen LogP contribution >= 0.6 is 23.2 Å². The average Bonchev–Trinajstić information content (AvgIpc) is 3.17. The fourth-order valence-electron chi connectivity index (χ4n) is 2.56. The second-order valence-electron chi connectivity index (χ2n) is 6.38. The highest BCUT2D eigenvalue weighted by Gasteiger charge is 2.10. The first-order valence-corrected chi connectivity index (χ1v) is 9.51. The number of hydrogen-bond acceptors (Lipinski definition) is 4. The Morgan fingerprint density at radius 2 is 1.82 bits per heavy atom. The number of amides is 1. The molecule has 0 aliphatic carbocycles. The van der Waals surface area contributed by atoms with E-state index in [1.54, 1.807) is 31.2 Å². The van der Waals surface area contributed by atoms with Gasteiger partial charge in [-0.3, -0.25) is 4.79 Å². The summed E-state index contributed by atoms with van der Waals surface area (Å²) in [6.45, 7) is 2.14. The Balaban J connectivity index is 1.59. The zero-order valence-electron chi connectivity index (χ0n) is 15.2. The summed E-state index contributed by atoms with van der Waals surface area (Å²) in [5.74, 6) is 1.26. The lowest BCUT2D eigenvalue weighted by Gasteiger charge is -2.11. The summed E-state index contributed by atoms with van der Waals surface area (Å²) in [6.07, 6.45) is 0. The molecule has 1 aromatic heterocycles. The van der Waals surface area contributed by atoms with Crippen molar-refractivity contribution in [3.8, 4) is 11.3 Å². The molecule has 1 unspecified atom stereocenters. The molecule has 28 heavy (non-hydrogen) atoms. The third-order valence-electron chi connectivity index (χ3n) is 4.13. The van der Waals surface area contributed by atoms with E-state index >= 15 is 0 Å². The quantitative estimate of drug-likeness (QED) is 0.505. The number of aliphatic hydroxyl groups is 1. The molecule has 2 aromatic carbocycles. The van der Waals surface area contributed by atoms with Gasteiger partial charge in [0.1, 0.15) is 11.5 Å². The van der Waals surface area contributed by atoms with Crippen LogP contribution in [0.25, 0.3) is 11.3 Å². The molecule has 1 amide bonds. The highest BCUT2D eigenvalue weighted by atomic mass is 35.5. The Hall–Kier alpha value is -2.47. The number of furan rings is 1. The number of anilines is 1. The third-order valence-corrected chi connectivity index (χ3v) is 4.87. The number of rotatable bonds is 7. The van der Waals surface area contributed by atoms with Crippen LogP contribution in [0.5, 0.6) is 0 Å². The van der Waals surface area contributed by atoms with E-state index < -0.39 is 0 Å². The Morgan fingerprint density at radius 3 is 2.50 bits per heavy atom. The van der Waals surface area contributed by atoms with Gasteiger partial charge in [0.2, 0.25) is 0 Å². The van der Waals surface area contributed by atoms with E-state index in [1.165, 1.54) is 0 Å². The van der Waals surface area contributed by atoms with Crippen molar-refractivity contribution in [1.29, 1.82) is 0 Å². The van der Waals surface area contributed by atoms with Gasteiger partial charge in [-0.1, -0.05) is 23.2 Å². The van der Waals surface area contributed by atoms with Crippen LogP contribution in [0.2, 0.25) is 10.0 Å². The predicted molar refractivity (Wildman–Crippen MR) is 112 cm³/mol. The van der Waals surface area contributed by atoms with Gasteiger partial charge in [0.15, 0.2) is 0 Å². The standard InChI is InChI=1S/C21H20Cl2N2O3/c1-13(12-26)25-21(27)14-2-5-16(6-3-14)24-11-17-7-9-20(28-17)15-4-8-18(22)19(23)10-15/h2-10,13,24,26H,11-12H2,1H3,(H,25,27). The summed E-state index contributed by atoms with van der Waals surface area (Å²) in [6, 6.07) is 15.9. The maximum Gasteiger partial charge on any atom is 0.251 e. The van der Waals surface area contributed by atoms with Gasteiger partial charge in [0.05, 0.1) is 23.2 Å². The number of hydrogen-bond donors (Lipinski definition) is 3. The van der Waals surface area contributed by atoms with Crippen LogP contribution in [0, 0.1) is 0 Å². The predicted octanol–water partition coefficient (Wildman–Crippen LogP) is 4.98. The van der Waals surface area contributed by atoms with Crippen molar-refractivity contribution in [3.05, 3.63) is 76.0 Å². The number of carbonyl (C=O) groups is 1. The van der Waals surface area contributed by atoms with Crippen LogP contribution in [0.1, 0.15) is 23.0 Å². The van der Waals surface area contributed by atoms with Gasteiger partial charge in [-0.2, -0.15) is 0 Å². The number of aliphatic hydroxyl groups excluding tert-OH is 1. The first-order valence-electron chi connectivity index (χ1n) is 8.76. The smallest absolute Gasteiger partial charge is 0.251 e. The van der Waals surface area contributed by atoms with Crippen molar-refractivity contribution in [2.24, 2.45) is 0 Å². The van der Waals surface area contributed by atoms with Gasteiger partial charge in [0.25, 0.3) is 5.91 Å². The molecule has 3 rings (SSSR count). The number of halogens is 2. The largest absolute Gasteiger partial charge is 0.459 e. The van der Waals surface area contributed by atoms with Gasteiger partial charge in [0, 0.05) is 22.9 Å². The molecule has 3 aromatic rings. The van der Waals surface area contributed by atoms with Crippen molar-refractivity contribution < 1.29 is 14.3 Å². The van der Waals surface area contributed by atoms with Crippen LogP contribution in [0.15, 0.2) is 59.0 Å². The molecule has 0 spiro atoms. The molecule has 7 heteroatoms. The SMILES string of the molecule is CC(CO)NC(=O)c1ccc(NCc2ccc(-c3ccc(Cl)c(Cl)c3)o2)cc1. The third kappa shape index (κ3) is 5.07. The van der Waals surface area contributed by atoms with Crippen molar-refractivity contribution in [2.75, 3.05) is 11.9 Å². The minimum Gasteiger partial charge on any atom is -0.459 e. The summed E-state index contributed by atoms with van der Waals surface area (Å²) in [5.41, 5.74) is 2.25. The molecular weight excluding hydrogens is 399 g/mol. The first kappa shape index (κ1) is 20.3. The lowest BCUT2D eigenvalue weighted by molar-refractivity contribution is 0.0922. The summed E-state index contributed by atoms with van der Waals surface area (Å²) in [5, 5.41) is 15.9. The van der Waals surface area contributed by atoms with Crippen molar-refractivity contribution in [1.82, 2.24) is 5.32 Å². The van der Waals surface area contributed by atoms with Gasteiger partial charge in [-0.25, -0.2) is 0 Å². The van der Waals surface area contributed by atoms with Gasteiger partial charge in [-0.15, -0.1) is 0 Å². The van der Waals surface area contributed by atoms with E-state index in [2.05, 4.69) is 10.6 Å². The molecule has 1 heterocycles. The fraction of sp³-hybridized carbons (Fsp3) is 0.190. The van der Waals surface area contributed by atoms with Crippen LogP contribution in [-0.2, 0) is 6.54 Å². The van der Waals surface area contributed by atoms with E-state index in [1.807, 2.05) is 30.3 Å². The topological polar surface area (TPSA) is 74.5 Å². The maximum atomic E-state index is 12.0. The van der Waals surface area contributed by atoms with Crippen molar-refractivity contribution >= 4 is 34.8 Å². The molecule has 0 radical (unpaired) electrons. The Labute approximate surface area is 173 Å². The lowest BCUT2D eigenvalue weighted by Crippen LogP contribution is -2.34. The first-order chi connectivity index (χ1) is 13.5. The van der Waals surface area contributed by atoms with Crippen LogP contribution in [0.3, 0.4) is 0 Å². The Morgan fingerprint density at radius 1 is 1.07 bits per heavy atom. The molecule has 1 atom stereocenters. The van der Waals surface area contributed by atoms with Crippen LogP contribution < -0.4 is 10.6 Å². The summed E-state index contributed by atoms with van der Waals surface area (Å²) >= 11 is 12.0. The normalized spacial score (nSPS) is 11.9. The second-order valence-corrected chi connectivity index (χ2v) is 7.20. The monoisotopic (exact) mass is 418 g/mol. The molecule has 0 aliphatic heterocycles. The zero-order chi connectivity index (χ0) is 20.1. The minimum atomic E-state index is -0.283. The minimum absolute atomic E-state index is 0.0985. The highest BCUT2D eigenvalue weighted by molar-refractivity contribution is 6.42. The van der Waals surface area contributed by atoms with Gasteiger partial charge in [-0.05, 0) is 61.5 Å². The van der Waals surface area contributed by atoms with Crippen molar-refractivity contribution in [2.45, 2.75) is 19.5 Å². The van der Waals surface area contributed by atoms with Gasteiger partial charge >= 0.3 is 0 Å². The molecule has 5 nitrogen and oxygen atoms in total. The van der Waals surface area contributed by atoms with E-state index in [-0.39, 0.29) is 18.6 Å². The summed E-state index contributed by atoms with van der Waals surface area (Å²) in [7, 11) is 0. The molecule has 3 N–H and O–H groups in total. The van der Waals surface area contributed by atoms with E-state index in [0.29, 0.717) is 27.9 Å². The van der Waals surface area contributed by atoms with Crippen LogP contribution in [0.4, 0.5) is 5.69 Å². The Bertz CT molecular complexity index is 955. The zero-order valence-corrected chi connectivity index (χ0v) is 16.7. The molecule has 0 bridgehead atoms. The highest BCUT2D eigenvalue weighted by Crippen LogP contribution is 2.29. The van der Waals surface area contributed by atoms with Gasteiger partial charge < -0.3 is 20.2 Å². The molecule has 0 saturated heterocycles. The van der Waals surface area contributed by atoms with Crippen LogP contribution in [-0.4, -0.2) is 23.7 Å². The average molecular weight is 419 g/mol. The Kier molecular flexibility index (Phi) is 6.62. The molecule has 0 aliphatic rings. The lowest BCUT2D eigenvalue weighted by atomic mass is 10.2. The number of benzene rings is 2. The molecule has 146 valence electrons. The maximum absolute atomic E-state index is 12.0. The summed E-state index contributed by atoms with van der Waals surface area (Å²) in [4.78, 5) is 12.0. The fourth-order valence-corrected chi connectivity index (χ4v) is 2.86.